The van der Waals surface area contributed by atoms with Crippen LogP contribution in [0.4, 0.5) is 0 Å². The van der Waals surface area contributed by atoms with Gasteiger partial charge in [0.05, 0.1) is 16.7 Å². The Hall–Kier alpha value is -6.49. The average molecular weight is 703 g/mol. The van der Waals surface area contributed by atoms with E-state index >= 15 is 0 Å². The highest BCUT2D eigenvalue weighted by Crippen LogP contribution is 2.46. The van der Waals surface area contributed by atoms with E-state index in [1.807, 2.05) is 11.8 Å². The Balaban J connectivity index is 1.22. The molecular weight excluding hydrogens is 671 g/mol. The number of nitrogens with zero attached hydrogens (tertiary/aromatic N) is 2. The standard InChI is InChI=1S/C50H31BN2S/c1-4-15-32(16-5-1)35-27-28-43-39(29-35)37-21-10-12-25-42(37)52(43)36-30-44-48-46(31-36)54-45-26-13-11-23-40(45)51(48)41-24-14-22-38-47(33-17-6-2-7-18-33)49(53(44)50(38)41)34-19-8-3-9-20-34/h1-31H. The highest BCUT2D eigenvalue weighted by molar-refractivity contribution is 8.00. The van der Waals surface area contributed by atoms with Crippen molar-refractivity contribution in [3.63, 3.8) is 0 Å². The highest BCUT2D eigenvalue weighted by atomic mass is 32.2. The van der Waals surface area contributed by atoms with Crippen molar-refractivity contribution in [1.29, 1.82) is 0 Å². The molecule has 0 radical (unpaired) electrons. The molecule has 12 rings (SSSR count). The topological polar surface area (TPSA) is 9.86 Å². The molecule has 2 nitrogen and oxygen atoms in total. The monoisotopic (exact) mass is 702 g/mol. The van der Waals surface area contributed by atoms with Crippen LogP contribution in [0.25, 0.3) is 77.6 Å². The molecule has 0 saturated heterocycles. The minimum atomic E-state index is 0.131. The van der Waals surface area contributed by atoms with Crippen molar-refractivity contribution in [1.82, 2.24) is 9.13 Å². The molecule has 2 aliphatic rings. The predicted molar refractivity (Wildman–Crippen MR) is 229 cm³/mol. The Morgan fingerprint density at radius 1 is 0.407 bits per heavy atom. The summed E-state index contributed by atoms with van der Waals surface area (Å²) in [6, 6.07) is 69.5. The Bertz CT molecular complexity index is 3120. The normalized spacial score (nSPS) is 12.7. The molecule has 0 atom stereocenters. The van der Waals surface area contributed by atoms with Gasteiger partial charge in [-0.15, -0.1) is 0 Å². The largest absolute Gasteiger partial charge is 0.310 e. The van der Waals surface area contributed by atoms with E-state index in [1.165, 1.54) is 104 Å². The summed E-state index contributed by atoms with van der Waals surface area (Å²) in [5, 5.41) is 3.81. The Kier molecular flexibility index (Phi) is 6.40. The minimum absolute atomic E-state index is 0.131. The van der Waals surface area contributed by atoms with Gasteiger partial charge in [0, 0.05) is 48.4 Å². The van der Waals surface area contributed by atoms with Gasteiger partial charge < -0.3 is 9.13 Å². The van der Waals surface area contributed by atoms with E-state index in [1.54, 1.807) is 0 Å². The van der Waals surface area contributed by atoms with Crippen molar-refractivity contribution in [2.75, 3.05) is 0 Å². The van der Waals surface area contributed by atoms with Crippen LogP contribution in [0.15, 0.2) is 198 Å². The van der Waals surface area contributed by atoms with Crippen molar-refractivity contribution >= 4 is 67.6 Å². The highest BCUT2D eigenvalue weighted by Gasteiger charge is 2.41. The Labute approximate surface area is 318 Å². The third-order valence-electron chi connectivity index (χ3n) is 11.6. The van der Waals surface area contributed by atoms with Crippen LogP contribution in [-0.4, -0.2) is 15.8 Å². The molecule has 250 valence electrons. The van der Waals surface area contributed by atoms with Gasteiger partial charge in [0.25, 0.3) is 0 Å². The Morgan fingerprint density at radius 2 is 1.06 bits per heavy atom. The summed E-state index contributed by atoms with van der Waals surface area (Å²) in [4.78, 5) is 2.64. The molecule has 10 aromatic rings. The molecule has 4 heteroatoms. The van der Waals surface area contributed by atoms with Gasteiger partial charge in [0.1, 0.15) is 0 Å². The van der Waals surface area contributed by atoms with Crippen LogP contribution in [0.5, 0.6) is 0 Å². The summed E-state index contributed by atoms with van der Waals surface area (Å²) in [5.41, 5.74) is 17.7. The number of hydrogen-bond acceptors (Lipinski definition) is 1. The molecule has 0 N–H and O–H groups in total. The smallest absolute Gasteiger partial charge is 0.249 e. The van der Waals surface area contributed by atoms with Gasteiger partial charge in [-0.2, -0.15) is 0 Å². The average Bonchev–Trinajstić information content (AvgIpc) is 3.77. The van der Waals surface area contributed by atoms with E-state index in [9.17, 15) is 0 Å². The lowest BCUT2D eigenvalue weighted by molar-refractivity contribution is 1.10. The second-order valence-corrected chi connectivity index (χ2v) is 15.5. The molecule has 2 aromatic heterocycles. The Morgan fingerprint density at radius 3 is 1.87 bits per heavy atom. The fourth-order valence-corrected chi connectivity index (χ4v) is 10.6. The first-order valence-electron chi connectivity index (χ1n) is 18.6. The first-order valence-corrected chi connectivity index (χ1v) is 19.5. The maximum absolute atomic E-state index is 2.61. The van der Waals surface area contributed by atoms with Crippen molar-refractivity contribution in [2.45, 2.75) is 9.79 Å². The van der Waals surface area contributed by atoms with Crippen LogP contribution >= 0.6 is 11.8 Å². The predicted octanol–water partition coefficient (Wildman–Crippen LogP) is 11.0. The van der Waals surface area contributed by atoms with Gasteiger partial charge in [-0.3, -0.25) is 0 Å². The molecule has 54 heavy (non-hydrogen) atoms. The number of fused-ring (bicyclic) bond motifs is 7. The van der Waals surface area contributed by atoms with E-state index in [2.05, 4.69) is 197 Å². The third-order valence-corrected chi connectivity index (χ3v) is 12.7. The summed E-state index contributed by atoms with van der Waals surface area (Å²) in [6.45, 7) is 0.131. The molecule has 0 spiro atoms. The van der Waals surface area contributed by atoms with Crippen molar-refractivity contribution in [3.05, 3.63) is 188 Å². The summed E-state index contributed by atoms with van der Waals surface area (Å²) >= 11 is 1.91. The lowest BCUT2D eigenvalue weighted by atomic mass is 9.35. The zero-order valence-electron chi connectivity index (χ0n) is 29.3. The molecule has 0 aliphatic carbocycles. The van der Waals surface area contributed by atoms with Crippen LogP contribution in [0.2, 0.25) is 0 Å². The summed E-state index contributed by atoms with van der Waals surface area (Å²) in [5.74, 6) is 0. The molecule has 8 aromatic carbocycles. The molecule has 2 aliphatic heterocycles. The maximum Gasteiger partial charge on any atom is 0.249 e. The number of para-hydroxylation sites is 2. The van der Waals surface area contributed by atoms with E-state index < -0.39 is 0 Å². The van der Waals surface area contributed by atoms with E-state index in [4.69, 9.17) is 0 Å². The number of rotatable bonds is 4. The SMILES string of the molecule is c1ccc(-c2ccc3c(c2)c2ccccc2n3-c2cc3c4c(c2)-n2c(-c5ccccc5)c(-c5ccccc5)c5cccc(c52)B4c2ccccc2S3)cc1. The van der Waals surface area contributed by atoms with Crippen LogP contribution in [0.1, 0.15) is 0 Å². The van der Waals surface area contributed by atoms with Gasteiger partial charge in [0.2, 0.25) is 6.71 Å². The van der Waals surface area contributed by atoms with Crippen molar-refractivity contribution in [2.24, 2.45) is 0 Å². The fourth-order valence-electron chi connectivity index (χ4n) is 9.36. The lowest BCUT2D eigenvalue weighted by Gasteiger charge is -2.34. The first kappa shape index (κ1) is 30.0. The first-order chi connectivity index (χ1) is 26.8. The van der Waals surface area contributed by atoms with Crippen LogP contribution in [0, 0.1) is 0 Å². The lowest BCUT2D eigenvalue weighted by Crippen LogP contribution is -2.58. The van der Waals surface area contributed by atoms with E-state index in [0.717, 1.165) is 0 Å². The molecular formula is C50H31BN2S. The minimum Gasteiger partial charge on any atom is -0.310 e. The van der Waals surface area contributed by atoms with Gasteiger partial charge in [0.15, 0.2) is 0 Å². The van der Waals surface area contributed by atoms with Crippen LogP contribution in [-0.2, 0) is 0 Å². The number of hydrogen-bond donors (Lipinski definition) is 0. The molecule has 0 bridgehead atoms. The summed E-state index contributed by atoms with van der Waals surface area (Å²) < 4.78 is 5.10. The molecule has 0 unspecified atom stereocenters. The molecule has 0 fully saturated rings. The fraction of sp³-hybridized carbons (Fsp3) is 0. The second kappa shape index (κ2) is 11.5. The van der Waals surface area contributed by atoms with Crippen LogP contribution in [0.3, 0.4) is 0 Å². The quantitative estimate of drug-likeness (QED) is 0.166. The van der Waals surface area contributed by atoms with Crippen molar-refractivity contribution in [3.8, 4) is 44.9 Å². The second-order valence-electron chi connectivity index (χ2n) is 14.4. The number of aromatic nitrogens is 2. The molecule has 0 saturated carbocycles. The van der Waals surface area contributed by atoms with Crippen molar-refractivity contribution < 1.29 is 0 Å². The molecule has 4 heterocycles. The van der Waals surface area contributed by atoms with Gasteiger partial charge in [-0.25, -0.2) is 0 Å². The maximum atomic E-state index is 2.61. The van der Waals surface area contributed by atoms with Gasteiger partial charge >= 0.3 is 0 Å². The number of benzene rings is 8. The van der Waals surface area contributed by atoms with Gasteiger partial charge in [-0.1, -0.05) is 169 Å². The van der Waals surface area contributed by atoms with E-state index in [-0.39, 0.29) is 6.71 Å². The third kappa shape index (κ3) is 4.20. The molecule has 0 amide bonds. The van der Waals surface area contributed by atoms with Crippen LogP contribution < -0.4 is 16.4 Å². The summed E-state index contributed by atoms with van der Waals surface area (Å²) in [6.07, 6.45) is 0. The van der Waals surface area contributed by atoms with Gasteiger partial charge in [-0.05, 0) is 69.6 Å². The zero-order chi connectivity index (χ0) is 35.3. The van der Waals surface area contributed by atoms with E-state index in [0.29, 0.717) is 0 Å². The zero-order valence-corrected chi connectivity index (χ0v) is 30.1. The summed E-state index contributed by atoms with van der Waals surface area (Å²) in [7, 11) is 0.